The smallest absolute Gasteiger partial charge is 0.323 e. The number of carbonyl (C=O) groups excluding carboxylic acids is 2. The summed E-state index contributed by atoms with van der Waals surface area (Å²) in [4.78, 5) is 24.7. The summed E-state index contributed by atoms with van der Waals surface area (Å²) in [5.74, 6) is -1.08. The molecule has 0 aliphatic rings. The first kappa shape index (κ1) is 18.4. The van der Waals surface area contributed by atoms with E-state index in [1.54, 1.807) is 20.8 Å². The lowest BCUT2D eigenvalue weighted by atomic mass is 9.77. The zero-order valence-electron chi connectivity index (χ0n) is 13.1. The van der Waals surface area contributed by atoms with Crippen LogP contribution in [0.4, 0.5) is 0 Å². The molecule has 0 aromatic heterocycles. The van der Waals surface area contributed by atoms with Crippen molar-refractivity contribution < 1.29 is 19.1 Å². The maximum atomic E-state index is 12.3. The van der Waals surface area contributed by atoms with Gasteiger partial charge in [0.15, 0.2) is 5.41 Å². The molecule has 0 bridgehead atoms. The molecular weight excluding hydrogens is 256 g/mol. The van der Waals surface area contributed by atoms with Gasteiger partial charge < -0.3 is 9.47 Å². The summed E-state index contributed by atoms with van der Waals surface area (Å²) in [6, 6.07) is 0. The molecule has 0 aliphatic heterocycles. The molecule has 0 N–H and O–H groups in total. The van der Waals surface area contributed by atoms with Gasteiger partial charge in [0.25, 0.3) is 0 Å². The van der Waals surface area contributed by atoms with E-state index in [2.05, 4.69) is 13.2 Å². The minimum atomic E-state index is -1.31. The largest absolute Gasteiger partial charge is 0.465 e. The van der Waals surface area contributed by atoms with Gasteiger partial charge in [-0.05, 0) is 47.0 Å². The number of hydrogen-bond donors (Lipinski definition) is 0. The molecule has 0 rings (SSSR count). The Morgan fingerprint density at radius 3 is 1.70 bits per heavy atom. The van der Waals surface area contributed by atoms with Crippen LogP contribution in [-0.2, 0) is 19.1 Å². The molecule has 20 heavy (non-hydrogen) atoms. The van der Waals surface area contributed by atoms with Gasteiger partial charge in [-0.25, -0.2) is 0 Å². The molecule has 0 aliphatic carbocycles. The molecular formula is C16H26O4. The molecule has 0 aromatic carbocycles. The summed E-state index contributed by atoms with van der Waals surface area (Å²) in [7, 11) is 0. The molecule has 0 atom stereocenters. The molecule has 0 amide bonds. The molecule has 114 valence electrons. The van der Waals surface area contributed by atoms with Crippen LogP contribution >= 0.6 is 0 Å². The van der Waals surface area contributed by atoms with Gasteiger partial charge in [0.2, 0.25) is 0 Å². The zero-order valence-corrected chi connectivity index (χ0v) is 13.1. The number of ether oxygens (including phenoxy) is 2. The second kappa shape index (κ2) is 8.56. The third-order valence-corrected chi connectivity index (χ3v) is 2.91. The Labute approximate surface area is 121 Å². The van der Waals surface area contributed by atoms with Crippen LogP contribution in [0, 0.1) is 5.41 Å². The molecule has 0 radical (unpaired) electrons. The maximum absolute atomic E-state index is 12.3. The summed E-state index contributed by atoms with van der Waals surface area (Å²) < 4.78 is 10.2. The second-order valence-corrected chi connectivity index (χ2v) is 5.11. The van der Waals surface area contributed by atoms with Gasteiger partial charge in [0.1, 0.15) is 0 Å². The topological polar surface area (TPSA) is 52.6 Å². The average Bonchev–Trinajstić information content (AvgIpc) is 2.34. The third kappa shape index (κ3) is 5.19. The molecule has 0 saturated carbocycles. The van der Waals surface area contributed by atoms with Gasteiger partial charge in [-0.3, -0.25) is 9.59 Å². The van der Waals surface area contributed by atoms with Gasteiger partial charge in [-0.1, -0.05) is 11.1 Å². The fraction of sp³-hybridized carbons (Fsp3) is 0.625. The van der Waals surface area contributed by atoms with E-state index in [4.69, 9.17) is 9.47 Å². The van der Waals surface area contributed by atoms with Gasteiger partial charge in [0.05, 0.1) is 13.2 Å². The number of allylic oxidation sites excluding steroid dienone is 2. The molecule has 4 nitrogen and oxygen atoms in total. The van der Waals surface area contributed by atoms with Gasteiger partial charge in [-0.15, -0.1) is 13.2 Å². The molecule has 0 fully saturated rings. The number of esters is 2. The molecule has 0 spiro atoms. The summed E-state index contributed by atoms with van der Waals surface area (Å²) in [5, 5.41) is 0. The van der Waals surface area contributed by atoms with E-state index in [0.29, 0.717) is 12.8 Å². The van der Waals surface area contributed by atoms with E-state index in [1.165, 1.54) is 0 Å². The van der Waals surface area contributed by atoms with Gasteiger partial charge in [0, 0.05) is 0 Å². The van der Waals surface area contributed by atoms with Crippen LogP contribution in [0.3, 0.4) is 0 Å². The van der Waals surface area contributed by atoms with E-state index in [1.807, 2.05) is 6.92 Å². The van der Waals surface area contributed by atoms with Crippen LogP contribution in [0.25, 0.3) is 0 Å². The van der Waals surface area contributed by atoms with E-state index >= 15 is 0 Å². The second-order valence-electron chi connectivity index (χ2n) is 5.11. The Morgan fingerprint density at radius 2 is 1.40 bits per heavy atom. The molecule has 0 unspecified atom stereocenters. The van der Waals surface area contributed by atoms with Crippen molar-refractivity contribution >= 4 is 11.9 Å². The van der Waals surface area contributed by atoms with Crippen molar-refractivity contribution in [2.24, 2.45) is 5.41 Å². The highest BCUT2D eigenvalue weighted by Gasteiger charge is 2.48. The van der Waals surface area contributed by atoms with Crippen LogP contribution in [0.2, 0.25) is 0 Å². The van der Waals surface area contributed by atoms with E-state index in [9.17, 15) is 9.59 Å². The first-order chi connectivity index (χ1) is 9.30. The first-order valence-corrected chi connectivity index (χ1v) is 6.93. The Bertz CT molecular complexity index is 364. The number of hydrogen-bond acceptors (Lipinski definition) is 4. The highest BCUT2D eigenvalue weighted by molar-refractivity contribution is 6.00. The number of carbonyl (C=O) groups is 2. The van der Waals surface area contributed by atoms with Gasteiger partial charge in [-0.2, -0.15) is 0 Å². The predicted octanol–water partition coefficient (Wildman–Crippen LogP) is 3.42. The van der Waals surface area contributed by atoms with Crippen molar-refractivity contribution in [3.8, 4) is 0 Å². The SMILES string of the molecule is C=C(C)CCC(CC(=C)C)(C(=O)OCC)C(=O)OCC. The molecule has 0 saturated heterocycles. The molecule has 4 heteroatoms. The van der Waals surface area contributed by atoms with Gasteiger partial charge >= 0.3 is 11.9 Å². The average molecular weight is 282 g/mol. The highest BCUT2D eigenvalue weighted by atomic mass is 16.6. The van der Waals surface area contributed by atoms with Crippen LogP contribution in [0.15, 0.2) is 24.3 Å². The monoisotopic (exact) mass is 282 g/mol. The van der Waals surface area contributed by atoms with E-state index in [-0.39, 0.29) is 19.6 Å². The van der Waals surface area contributed by atoms with Crippen molar-refractivity contribution in [2.75, 3.05) is 13.2 Å². The predicted molar refractivity (Wildman–Crippen MR) is 79.2 cm³/mol. The summed E-state index contributed by atoms with van der Waals surface area (Å²) in [5.41, 5.74) is 0.342. The fourth-order valence-corrected chi connectivity index (χ4v) is 2.00. The molecule has 0 heterocycles. The maximum Gasteiger partial charge on any atom is 0.323 e. The number of rotatable bonds is 9. The summed E-state index contributed by atoms with van der Waals surface area (Å²) >= 11 is 0. The van der Waals surface area contributed by atoms with Crippen LogP contribution in [0.1, 0.15) is 47.0 Å². The zero-order chi connectivity index (χ0) is 15.8. The normalized spacial score (nSPS) is 10.8. The standard InChI is InChI=1S/C16H26O4/c1-7-19-14(17)16(11-13(5)6,10-9-12(3)4)15(18)20-8-2/h3,5,7-11H2,1-2,4,6H3. The third-order valence-electron chi connectivity index (χ3n) is 2.91. The first-order valence-electron chi connectivity index (χ1n) is 6.93. The van der Waals surface area contributed by atoms with Crippen molar-refractivity contribution in [3.05, 3.63) is 24.3 Å². The van der Waals surface area contributed by atoms with Crippen LogP contribution < -0.4 is 0 Å². The van der Waals surface area contributed by atoms with Crippen molar-refractivity contribution in [3.63, 3.8) is 0 Å². The highest BCUT2D eigenvalue weighted by Crippen LogP contribution is 2.35. The molecule has 0 aromatic rings. The summed E-state index contributed by atoms with van der Waals surface area (Å²) in [6.07, 6.45) is 1.12. The Hall–Kier alpha value is -1.58. The van der Waals surface area contributed by atoms with Crippen molar-refractivity contribution in [1.29, 1.82) is 0 Å². The van der Waals surface area contributed by atoms with Crippen LogP contribution in [0.5, 0.6) is 0 Å². The minimum Gasteiger partial charge on any atom is -0.465 e. The lowest BCUT2D eigenvalue weighted by molar-refractivity contribution is -0.172. The fourth-order valence-electron chi connectivity index (χ4n) is 2.00. The van der Waals surface area contributed by atoms with E-state index in [0.717, 1.165) is 11.1 Å². The Kier molecular flexibility index (Phi) is 7.89. The lowest BCUT2D eigenvalue weighted by Crippen LogP contribution is -2.42. The van der Waals surface area contributed by atoms with Crippen LogP contribution in [-0.4, -0.2) is 25.2 Å². The Morgan fingerprint density at radius 1 is 0.950 bits per heavy atom. The quantitative estimate of drug-likeness (QED) is 0.369. The van der Waals surface area contributed by atoms with Crippen molar-refractivity contribution in [1.82, 2.24) is 0 Å². The summed E-state index contributed by atoms with van der Waals surface area (Å²) in [6.45, 7) is 15.2. The lowest BCUT2D eigenvalue weighted by Gasteiger charge is -2.29. The minimum absolute atomic E-state index is 0.225. The Balaban J connectivity index is 5.48. The van der Waals surface area contributed by atoms with E-state index < -0.39 is 17.4 Å². The van der Waals surface area contributed by atoms with Crippen molar-refractivity contribution in [2.45, 2.75) is 47.0 Å².